The topological polar surface area (TPSA) is 93.9 Å². The van der Waals surface area contributed by atoms with Crippen LogP contribution in [0.25, 0.3) is 0 Å². The maximum atomic E-state index is 12.2. The van der Waals surface area contributed by atoms with Gasteiger partial charge in [0.1, 0.15) is 0 Å². The standard InChI is InChI=1S/C13H17N3O5/c1-9-10(4-3-5-11(9)16(18)19)14-13(17)15-6-7-21-12(8-15)20-2/h3-5,12H,6-8H2,1-2H3,(H,14,17)/t12-/m0/s1. The molecule has 0 unspecified atom stereocenters. The van der Waals surface area contributed by atoms with Crippen LogP contribution in [0.4, 0.5) is 16.2 Å². The Morgan fingerprint density at radius 3 is 3.00 bits per heavy atom. The average Bonchev–Trinajstić information content (AvgIpc) is 2.49. The smallest absolute Gasteiger partial charge is 0.322 e. The Morgan fingerprint density at radius 2 is 2.33 bits per heavy atom. The van der Waals surface area contributed by atoms with Crippen molar-refractivity contribution in [1.82, 2.24) is 4.90 Å². The number of nitrogens with zero attached hydrogens (tertiary/aromatic N) is 2. The minimum absolute atomic E-state index is 0.0236. The summed E-state index contributed by atoms with van der Waals surface area (Å²) in [5, 5.41) is 13.6. The predicted molar refractivity (Wildman–Crippen MR) is 75.2 cm³/mol. The van der Waals surface area contributed by atoms with Gasteiger partial charge in [0, 0.05) is 19.7 Å². The molecule has 2 rings (SSSR count). The fraction of sp³-hybridized carbons (Fsp3) is 0.462. The van der Waals surface area contributed by atoms with Gasteiger partial charge in [0.15, 0.2) is 6.29 Å². The van der Waals surface area contributed by atoms with E-state index in [1.54, 1.807) is 17.9 Å². The highest BCUT2D eigenvalue weighted by atomic mass is 16.7. The van der Waals surface area contributed by atoms with Gasteiger partial charge in [0.05, 0.1) is 29.3 Å². The number of hydrogen-bond donors (Lipinski definition) is 1. The van der Waals surface area contributed by atoms with E-state index in [9.17, 15) is 14.9 Å². The third kappa shape index (κ3) is 3.47. The molecule has 1 aliphatic rings. The Kier molecular flexibility index (Phi) is 4.71. The van der Waals surface area contributed by atoms with Crippen LogP contribution < -0.4 is 5.32 Å². The van der Waals surface area contributed by atoms with Crippen molar-refractivity contribution in [2.24, 2.45) is 0 Å². The number of carbonyl (C=O) groups is 1. The lowest BCUT2D eigenvalue weighted by molar-refractivity contribution is -0.385. The van der Waals surface area contributed by atoms with Crippen molar-refractivity contribution in [2.45, 2.75) is 13.2 Å². The number of rotatable bonds is 3. The molecule has 1 fully saturated rings. The average molecular weight is 295 g/mol. The number of nitro groups is 1. The van der Waals surface area contributed by atoms with Crippen LogP contribution in [0.1, 0.15) is 5.56 Å². The van der Waals surface area contributed by atoms with E-state index in [2.05, 4.69) is 5.32 Å². The highest BCUT2D eigenvalue weighted by Gasteiger charge is 2.25. The minimum Gasteiger partial charge on any atom is -0.354 e. The van der Waals surface area contributed by atoms with Crippen molar-refractivity contribution in [1.29, 1.82) is 0 Å². The second kappa shape index (κ2) is 6.51. The molecule has 8 heteroatoms. The molecule has 0 aromatic heterocycles. The first kappa shape index (κ1) is 15.2. The summed E-state index contributed by atoms with van der Waals surface area (Å²) >= 11 is 0. The van der Waals surface area contributed by atoms with E-state index in [1.165, 1.54) is 19.2 Å². The molecule has 1 saturated heterocycles. The van der Waals surface area contributed by atoms with Crippen LogP contribution in [-0.2, 0) is 9.47 Å². The summed E-state index contributed by atoms with van der Waals surface area (Å²) in [4.78, 5) is 24.2. The maximum Gasteiger partial charge on any atom is 0.322 e. The van der Waals surface area contributed by atoms with Crippen molar-refractivity contribution in [3.63, 3.8) is 0 Å². The van der Waals surface area contributed by atoms with Crippen LogP contribution in [0.5, 0.6) is 0 Å². The summed E-state index contributed by atoms with van der Waals surface area (Å²) in [5.41, 5.74) is 0.826. The lowest BCUT2D eigenvalue weighted by Crippen LogP contribution is -2.47. The molecule has 2 amide bonds. The number of nitrogens with one attached hydrogen (secondary N) is 1. The second-order valence-corrected chi connectivity index (χ2v) is 4.62. The molecule has 0 radical (unpaired) electrons. The summed E-state index contributed by atoms with van der Waals surface area (Å²) in [5.74, 6) is 0. The lowest BCUT2D eigenvalue weighted by Gasteiger charge is -2.32. The zero-order valence-electron chi connectivity index (χ0n) is 11.9. The summed E-state index contributed by atoms with van der Waals surface area (Å²) in [6, 6.07) is 4.25. The van der Waals surface area contributed by atoms with Crippen LogP contribution in [0.2, 0.25) is 0 Å². The van der Waals surface area contributed by atoms with Gasteiger partial charge in [0.2, 0.25) is 0 Å². The zero-order chi connectivity index (χ0) is 15.4. The number of nitro benzene ring substituents is 1. The summed E-state index contributed by atoms with van der Waals surface area (Å²) in [6.45, 7) is 2.75. The Bertz CT molecular complexity index is 549. The van der Waals surface area contributed by atoms with Crippen LogP contribution in [-0.4, -0.2) is 49.0 Å². The molecular formula is C13H17N3O5. The normalized spacial score (nSPS) is 18.4. The molecule has 21 heavy (non-hydrogen) atoms. The molecule has 0 aliphatic carbocycles. The first-order chi connectivity index (χ1) is 10.0. The third-order valence-electron chi connectivity index (χ3n) is 3.33. The van der Waals surface area contributed by atoms with Crippen molar-refractivity contribution >= 4 is 17.4 Å². The van der Waals surface area contributed by atoms with Crippen LogP contribution in [0.3, 0.4) is 0 Å². The molecule has 0 saturated carbocycles. The molecule has 114 valence electrons. The number of hydrogen-bond acceptors (Lipinski definition) is 5. The van der Waals surface area contributed by atoms with E-state index in [1.807, 2.05) is 0 Å². The highest BCUT2D eigenvalue weighted by Crippen LogP contribution is 2.25. The summed E-state index contributed by atoms with van der Waals surface area (Å²) < 4.78 is 10.4. The first-order valence-corrected chi connectivity index (χ1v) is 6.47. The number of anilines is 1. The van der Waals surface area contributed by atoms with Crippen LogP contribution >= 0.6 is 0 Å². The lowest BCUT2D eigenvalue weighted by atomic mass is 10.1. The quantitative estimate of drug-likeness (QED) is 0.677. The molecule has 1 heterocycles. The molecule has 0 bridgehead atoms. The second-order valence-electron chi connectivity index (χ2n) is 4.62. The van der Waals surface area contributed by atoms with Gasteiger partial charge in [-0.15, -0.1) is 0 Å². The largest absolute Gasteiger partial charge is 0.354 e. The Morgan fingerprint density at radius 1 is 1.57 bits per heavy atom. The van der Waals surface area contributed by atoms with Crippen LogP contribution in [0, 0.1) is 17.0 Å². The van der Waals surface area contributed by atoms with Gasteiger partial charge in [0.25, 0.3) is 5.69 Å². The number of methoxy groups -OCH3 is 1. The molecule has 1 aromatic carbocycles. The van der Waals surface area contributed by atoms with E-state index in [0.717, 1.165) is 0 Å². The van der Waals surface area contributed by atoms with Crippen molar-refractivity contribution in [2.75, 3.05) is 32.1 Å². The van der Waals surface area contributed by atoms with Crippen LogP contribution in [0.15, 0.2) is 18.2 Å². The van der Waals surface area contributed by atoms with E-state index in [-0.39, 0.29) is 11.7 Å². The van der Waals surface area contributed by atoms with Crippen molar-refractivity contribution in [3.05, 3.63) is 33.9 Å². The molecule has 1 atom stereocenters. The summed E-state index contributed by atoms with van der Waals surface area (Å²) in [6.07, 6.45) is -0.448. The Labute approximate surface area is 121 Å². The van der Waals surface area contributed by atoms with E-state index < -0.39 is 11.2 Å². The minimum atomic E-state index is -0.472. The fourth-order valence-electron chi connectivity index (χ4n) is 2.10. The monoisotopic (exact) mass is 295 g/mol. The van der Waals surface area contributed by atoms with E-state index >= 15 is 0 Å². The first-order valence-electron chi connectivity index (χ1n) is 6.47. The SMILES string of the molecule is CO[C@@H]1CN(C(=O)Nc2cccc([N+](=O)[O-])c2C)CCO1. The van der Waals surface area contributed by atoms with Gasteiger partial charge in [-0.2, -0.15) is 0 Å². The Hall–Kier alpha value is -2.19. The van der Waals surface area contributed by atoms with Crippen molar-refractivity contribution in [3.8, 4) is 0 Å². The van der Waals surface area contributed by atoms with Gasteiger partial charge in [-0.3, -0.25) is 10.1 Å². The van der Waals surface area contributed by atoms with E-state index in [0.29, 0.717) is 30.9 Å². The molecule has 8 nitrogen and oxygen atoms in total. The van der Waals surface area contributed by atoms with Gasteiger partial charge in [-0.05, 0) is 13.0 Å². The molecule has 0 spiro atoms. The number of amides is 2. The number of morpholine rings is 1. The molecule has 1 aliphatic heterocycles. The van der Waals surface area contributed by atoms with Gasteiger partial charge < -0.3 is 19.7 Å². The zero-order valence-corrected chi connectivity index (χ0v) is 11.9. The number of ether oxygens (including phenoxy) is 2. The van der Waals surface area contributed by atoms with Gasteiger partial charge in [-0.25, -0.2) is 4.79 Å². The fourth-order valence-corrected chi connectivity index (χ4v) is 2.10. The highest BCUT2D eigenvalue weighted by molar-refractivity contribution is 5.90. The maximum absolute atomic E-state index is 12.2. The number of urea groups is 1. The number of benzene rings is 1. The van der Waals surface area contributed by atoms with Gasteiger partial charge >= 0.3 is 6.03 Å². The predicted octanol–water partition coefficient (Wildman–Crippen LogP) is 1.74. The molecule has 1 aromatic rings. The van der Waals surface area contributed by atoms with Crippen molar-refractivity contribution < 1.29 is 19.2 Å². The van der Waals surface area contributed by atoms with Gasteiger partial charge in [-0.1, -0.05) is 6.07 Å². The third-order valence-corrected chi connectivity index (χ3v) is 3.33. The molecule has 1 N–H and O–H groups in total. The number of carbonyl (C=O) groups excluding carboxylic acids is 1. The Balaban J connectivity index is 2.09. The summed E-state index contributed by atoms with van der Waals surface area (Å²) in [7, 11) is 1.51. The molecular weight excluding hydrogens is 278 g/mol. The van der Waals surface area contributed by atoms with E-state index in [4.69, 9.17) is 9.47 Å².